The van der Waals surface area contributed by atoms with Crippen LogP contribution < -0.4 is 4.74 Å². The summed E-state index contributed by atoms with van der Waals surface area (Å²) < 4.78 is 10.4. The summed E-state index contributed by atoms with van der Waals surface area (Å²) in [5.41, 5.74) is 2.22. The molecule has 0 saturated heterocycles. The smallest absolute Gasteiger partial charge is 0.333 e. The van der Waals surface area contributed by atoms with Gasteiger partial charge in [0.2, 0.25) is 6.29 Å². The minimum Gasteiger partial charge on any atom is -0.455 e. The molecular weight excluding hydrogens is 204 g/mol. The molecular formula is C13H16O3. The molecule has 1 rings (SSSR count). The molecule has 3 nitrogen and oxygen atoms in total. The molecule has 0 radical (unpaired) electrons. The Balaban J connectivity index is 2.65. The minimum atomic E-state index is -0.619. The van der Waals surface area contributed by atoms with Gasteiger partial charge in [-0.15, -0.1) is 0 Å². The second kappa shape index (κ2) is 5.35. The highest BCUT2D eigenvalue weighted by Crippen LogP contribution is 2.17. The lowest BCUT2D eigenvalue weighted by molar-refractivity contribution is -0.154. The Labute approximate surface area is 95.7 Å². The first-order valence-corrected chi connectivity index (χ1v) is 5.09. The molecule has 0 amide bonds. The molecule has 1 atom stereocenters. The van der Waals surface area contributed by atoms with Crippen LogP contribution in [0.25, 0.3) is 0 Å². The third kappa shape index (κ3) is 3.77. The van der Waals surface area contributed by atoms with E-state index in [-0.39, 0.29) is 0 Å². The highest BCUT2D eigenvalue weighted by molar-refractivity contribution is 5.81. The molecule has 0 saturated carbocycles. The average Bonchev–Trinajstić information content (AvgIpc) is 2.15. The summed E-state index contributed by atoms with van der Waals surface area (Å²) in [6.07, 6.45) is 0.494. The standard InChI is InChI=1S/C13H16O3/c1-5-13(14)16-11(4)15-12-7-9(2)6-10(3)8-12/h5-8,11H,1H2,2-4H3. The van der Waals surface area contributed by atoms with Crippen molar-refractivity contribution in [1.29, 1.82) is 0 Å². The number of esters is 1. The molecule has 1 aromatic carbocycles. The SMILES string of the molecule is C=CC(=O)OC(C)Oc1cc(C)cc(C)c1. The first-order chi connectivity index (χ1) is 7.51. The maximum Gasteiger partial charge on any atom is 0.333 e. The van der Waals surface area contributed by atoms with Crippen molar-refractivity contribution >= 4 is 5.97 Å². The third-order valence-electron chi connectivity index (χ3n) is 1.95. The van der Waals surface area contributed by atoms with Crippen LogP contribution in [0.5, 0.6) is 5.75 Å². The van der Waals surface area contributed by atoms with Crippen LogP contribution in [0.15, 0.2) is 30.9 Å². The van der Waals surface area contributed by atoms with Gasteiger partial charge >= 0.3 is 5.97 Å². The van der Waals surface area contributed by atoms with Crippen molar-refractivity contribution in [3.63, 3.8) is 0 Å². The summed E-state index contributed by atoms with van der Waals surface area (Å²) in [7, 11) is 0. The van der Waals surface area contributed by atoms with Crippen molar-refractivity contribution in [2.45, 2.75) is 27.1 Å². The van der Waals surface area contributed by atoms with E-state index < -0.39 is 12.3 Å². The van der Waals surface area contributed by atoms with Crippen molar-refractivity contribution in [2.24, 2.45) is 0 Å². The van der Waals surface area contributed by atoms with Crippen molar-refractivity contribution in [3.8, 4) is 5.75 Å². The molecule has 0 heterocycles. The summed E-state index contributed by atoms with van der Waals surface area (Å²) >= 11 is 0. The van der Waals surface area contributed by atoms with Gasteiger partial charge in [0.05, 0.1) is 0 Å². The van der Waals surface area contributed by atoms with Gasteiger partial charge in [0.1, 0.15) is 5.75 Å². The molecule has 0 bridgehead atoms. The van der Waals surface area contributed by atoms with Crippen LogP contribution in [-0.2, 0) is 9.53 Å². The molecule has 0 aromatic heterocycles. The van der Waals surface area contributed by atoms with Crippen LogP contribution in [0.2, 0.25) is 0 Å². The predicted octanol–water partition coefficient (Wildman–Crippen LogP) is 2.76. The molecule has 0 aliphatic rings. The first-order valence-electron chi connectivity index (χ1n) is 5.09. The molecule has 0 N–H and O–H groups in total. The van der Waals surface area contributed by atoms with Crippen molar-refractivity contribution in [2.75, 3.05) is 0 Å². The van der Waals surface area contributed by atoms with E-state index in [1.807, 2.05) is 32.0 Å². The summed E-state index contributed by atoms with van der Waals surface area (Å²) in [5, 5.41) is 0. The van der Waals surface area contributed by atoms with Gasteiger partial charge in [-0.05, 0) is 37.1 Å². The predicted molar refractivity (Wildman–Crippen MR) is 62.3 cm³/mol. The molecule has 16 heavy (non-hydrogen) atoms. The van der Waals surface area contributed by atoms with E-state index in [4.69, 9.17) is 9.47 Å². The fourth-order valence-corrected chi connectivity index (χ4v) is 1.43. The van der Waals surface area contributed by atoms with Crippen LogP contribution in [-0.4, -0.2) is 12.3 Å². The van der Waals surface area contributed by atoms with E-state index in [0.29, 0.717) is 5.75 Å². The van der Waals surface area contributed by atoms with E-state index in [1.54, 1.807) is 6.92 Å². The quantitative estimate of drug-likeness (QED) is 0.444. The Hall–Kier alpha value is -1.77. The lowest BCUT2D eigenvalue weighted by Gasteiger charge is -2.15. The number of carbonyl (C=O) groups excluding carboxylic acids is 1. The molecule has 3 heteroatoms. The highest BCUT2D eigenvalue weighted by Gasteiger charge is 2.08. The number of carbonyl (C=O) groups is 1. The Kier molecular flexibility index (Phi) is 4.11. The summed E-state index contributed by atoms with van der Waals surface area (Å²) in [6, 6.07) is 5.84. The monoisotopic (exact) mass is 220 g/mol. The zero-order valence-electron chi connectivity index (χ0n) is 9.82. The van der Waals surface area contributed by atoms with E-state index in [9.17, 15) is 4.79 Å². The average molecular weight is 220 g/mol. The number of benzene rings is 1. The lowest BCUT2D eigenvalue weighted by atomic mass is 10.1. The number of hydrogen-bond donors (Lipinski definition) is 0. The van der Waals surface area contributed by atoms with Gasteiger partial charge in [-0.1, -0.05) is 12.6 Å². The normalized spacial score (nSPS) is 11.7. The molecule has 1 aromatic rings. The summed E-state index contributed by atoms with van der Waals surface area (Å²) in [4.78, 5) is 10.9. The van der Waals surface area contributed by atoms with Gasteiger partial charge in [-0.3, -0.25) is 0 Å². The van der Waals surface area contributed by atoms with Crippen molar-refractivity contribution in [3.05, 3.63) is 42.0 Å². The Bertz CT molecular complexity index is 376. The van der Waals surface area contributed by atoms with E-state index in [0.717, 1.165) is 17.2 Å². The van der Waals surface area contributed by atoms with Gasteiger partial charge < -0.3 is 9.47 Å². The molecule has 0 aliphatic heterocycles. The van der Waals surface area contributed by atoms with Gasteiger partial charge in [-0.25, -0.2) is 4.79 Å². The zero-order valence-corrected chi connectivity index (χ0v) is 9.82. The summed E-state index contributed by atoms with van der Waals surface area (Å²) in [5.74, 6) is 0.207. The molecule has 86 valence electrons. The maximum absolute atomic E-state index is 10.9. The van der Waals surface area contributed by atoms with Crippen LogP contribution >= 0.6 is 0 Å². The fourth-order valence-electron chi connectivity index (χ4n) is 1.43. The summed E-state index contributed by atoms with van der Waals surface area (Å²) in [6.45, 7) is 8.96. The number of ether oxygens (including phenoxy) is 2. The number of rotatable bonds is 4. The minimum absolute atomic E-state index is 0.489. The number of hydrogen-bond acceptors (Lipinski definition) is 3. The van der Waals surface area contributed by atoms with Crippen LogP contribution in [0.4, 0.5) is 0 Å². The topological polar surface area (TPSA) is 35.5 Å². The van der Waals surface area contributed by atoms with E-state index >= 15 is 0 Å². The fraction of sp³-hybridized carbons (Fsp3) is 0.308. The molecule has 0 spiro atoms. The van der Waals surface area contributed by atoms with Crippen LogP contribution in [0, 0.1) is 13.8 Å². The zero-order chi connectivity index (χ0) is 12.1. The molecule has 0 aliphatic carbocycles. The lowest BCUT2D eigenvalue weighted by Crippen LogP contribution is -2.19. The highest BCUT2D eigenvalue weighted by atomic mass is 16.7. The van der Waals surface area contributed by atoms with Gasteiger partial charge in [0.15, 0.2) is 0 Å². The van der Waals surface area contributed by atoms with Crippen molar-refractivity contribution in [1.82, 2.24) is 0 Å². The first kappa shape index (κ1) is 12.3. The number of aryl methyl sites for hydroxylation is 2. The van der Waals surface area contributed by atoms with Crippen molar-refractivity contribution < 1.29 is 14.3 Å². The Morgan fingerprint density at radius 2 is 1.88 bits per heavy atom. The Morgan fingerprint density at radius 3 is 2.38 bits per heavy atom. The maximum atomic E-state index is 10.9. The Morgan fingerprint density at radius 1 is 1.31 bits per heavy atom. The second-order valence-corrected chi connectivity index (χ2v) is 3.65. The van der Waals surface area contributed by atoms with Crippen LogP contribution in [0.1, 0.15) is 18.1 Å². The largest absolute Gasteiger partial charge is 0.455 e. The third-order valence-corrected chi connectivity index (χ3v) is 1.95. The van der Waals surface area contributed by atoms with Crippen LogP contribution in [0.3, 0.4) is 0 Å². The molecule has 0 fully saturated rings. The van der Waals surface area contributed by atoms with Gasteiger partial charge in [0.25, 0.3) is 0 Å². The van der Waals surface area contributed by atoms with Gasteiger partial charge in [0, 0.05) is 13.0 Å². The van der Waals surface area contributed by atoms with E-state index in [1.165, 1.54) is 0 Å². The molecule has 1 unspecified atom stereocenters. The van der Waals surface area contributed by atoms with E-state index in [2.05, 4.69) is 6.58 Å². The second-order valence-electron chi connectivity index (χ2n) is 3.65. The van der Waals surface area contributed by atoms with Gasteiger partial charge in [-0.2, -0.15) is 0 Å².